The molecule has 0 N–H and O–H groups in total. The summed E-state index contributed by atoms with van der Waals surface area (Å²) in [4.78, 5) is 0. The van der Waals surface area contributed by atoms with E-state index in [0.29, 0.717) is 5.92 Å². The van der Waals surface area contributed by atoms with Crippen molar-refractivity contribution in [1.82, 2.24) is 0 Å². The van der Waals surface area contributed by atoms with Gasteiger partial charge in [0, 0.05) is 17.0 Å². The largest absolute Gasteiger partial charge is 0.488 e. The Morgan fingerprint density at radius 2 is 1.25 bits per heavy atom. The molecule has 2 heterocycles. The van der Waals surface area contributed by atoms with Crippen LogP contribution in [0.15, 0.2) is 132 Å². The van der Waals surface area contributed by atoms with Gasteiger partial charge in [-0.2, -0.15) is 0 Å². The van der Waals surface area contributed by atoms with Gasteiger partial charge in [0.15, 0.2) is 0 Å². The number of furan rings is 1. The maximum absolute atomic E-state index is 6.93. The van der Waals surface area contributed by atoms with Crippen LogP contribution in [-0.2, 0) is 32.1 Å². The third kappa shape index (κ3) is 5.01. The SMILES string of the molecule is C1=Cc2oc3c(c2CC1)CC1c2ccccc2OC1C3c1cccc(-c2c3c(c(-c4cccc(-c5ccc6ccccc6c5)c4)c4c2CCCC4)C=CCC3)c1. The van der Waals surface area contributed by atoms with Crippen LogP contribution < -0.4 is 4.74 Å². The summed E-state index contributed by atoms with van der Waals surface area (Å²) in [7, 11) is 0. The number of fused-ring (bicyclic) bond motifs is 9. The first kappa shape index (κ1) is 32.4. The lowest BCUT2D eigenvalue weighted by molar-refractivity contribution is 0.164. The van der Waals surface area contributed by atoms with Crippen LogP contribution >= 0.6 is 0 Å². The Morgan fingerprint density at radius 3 is 2.16 bits per heavy atom. The third-order valence-corrected chi connectivity index (χ3v) is 13.6. The summed E-state index contributed by atoms with van der Waals surface area (Å²) in [5.41, 5.74) is 19.7. The molecule has 0 radical (unpaired) electrons. The van der Waals surface area contributed by atoms with E-state index in [1.54, 1.807) is 11.1 Å². The maximum atomic E-state index is 6.93. The number of para-hydroxylation sites is 1. The minimum absolute atomic E-state index is 0.00903. The molecular weight excluding hydrogens is 681 g/mol. The van der Waals surface area contributed by atoms with E-state index in [9.17, 15) is 0 Å². The number of hydrogen-bond donors (Lipinski definition) is 0. The molecule has 0 amide bonds. The molecule has 3 unspecified atom stereocenters. The highest BCUT2D eigenvalue weighted by Gasteiger charge is 2.48. The van der Waals surface area contributed by atoms with Gasteiger partial charge in [0.05, 0.1) is 5.92 Å². The van der Waals surface area contributed by atoms with E-state index < -0.39 is 0 Å². The van der Waals surface area contributed by atoms with E-state index in [0.717, 1.165) is 62.2 Å². The molecule has 2 heteroatoms. The third-order valence-electron chi connectivity index (χ3n) is 13.6. The molecule has 0 fully saturated rings. The highest BCUT2D eigenvalue weighted by molar-refractivity contribution is 5.92. The molecule has 0 saturated carbocycles. The van der Waals surface area contributed by atoms with Crippen molar-refractivity contribution in [3.05, 3.63) is 183 Å². The fraction of sp³-hybridized carbons (Fsp3) is 0.222. The number of benzene rings is 6. The first-order valence-electron chi connectivity index (χ1n) is 20.9. The second kappa shape index (κ2) is 12.8. The predicted molar refractivity (Wildman–Crippen MR) is 229 cm³/mol. The van der Waals surface area contributed by atoms with Gasteiger partial charge in [-0.1, -0.05) is 115 Å². The van der Waals surface area contributed by atoms with Crippen LogP contribution in [0.5, 0.6) is 5.75 Å². The zero-order valence-electron chi connectivity index (χ0n) is 31.7. The number of ether oxygens (including phenoxy) is 1. The summed E-state index contributed by atoms with van der Waals surface area (Å²) in [5, 5.41) is 2.57. The molecule has 7 aromatic rings. The molecule has 272 valence electrons. The second-order valence-corrected chi connectivity index (χ2v) is 16.7. The summed E-state index contributed by atoms with van der Waals surface area (Å²) in [6.45, 7) is 0. The molecule has 4 aliphatic carbocycles. The Kier molecular flexibility index (Phi) is 7.43. The Balaban J connectivity index is 1.01. The van der Waals surface area contributed by atoms with Gasteiger partial charge in [-0.3, -0.25) is 0 Å². The molecule has 1 aromatic heterocycles. The highest BCUT2D eigenvalue weighted by atomic mass is 16.5. The van der Waals surface area contributed by atoms with Gasteiger partial charge in [0.2, 0.25) is 0 Å². The minimum atomic E-state index is 0.00903. The Hall–Kier alpha value is -5.86. The van der Waals surface area contributed by atoms with Gasteiger partial charge >= 0.3 is 0 Å². The fourth-order valence-electron chi connectivity index (χ4n) is 11.1. The number of rotatable bonds is 4. The van der Waals surface area contributed by atoms with Gasteiger partial charge < -0.3 is 9.15 Å². The van der Waals surface area contributed by atoms with Crippen molar-refractivity contribution < 1.29 is 9.15 Å². The molecule has 2 nitrogen and oxygen atoms in total. The Bertz CT molecular complexity index is 2790. The molecule has 1 aliphatic heterocycles. The van der Waals surface area contributed by atoms with Crippen molar-refractivity contribution in [3.8, 4) is 39.1 Å². The van der Waals surface area contributed by atoms with Gasteiger partial charge in [-0.05, 0) is 160 Å². The van der Waals surface area contributed by atoms with Crippen LogP contribution in [0.2, 0.25) is 0 Å². The van der Waals surface area contributed by atoms with Crippen molar-refractivity contribution >= 4 is 22.9 Å². The minimum Gasteiger partial charge on any atom is -0.488 e. The quantitative estimate of drug-likeness (QED) is 0.180. The number of allylic oxidation sites excluding steroid dienone is 2. The maximum Gasteiger partial charge on any atom is 0.130 e. The van der Waals surface area contributed by atoms with Crippen LogP contribution in [0.25, 0.3) is 56.3 Å². The molecule has 3 atom stereocenters. The molecule has 0 spiro atoms. The summed E-state index contributed by atoms with van der Waals surface area (Å²) in [6.07, 6.45) is 19.3. The Morgan fingerprint density at radius 1 is 0.518 bits per heavy atom. The van der Waals surface area contributed by atoms with E-state index in [1.807, 2.05) is 0 Å². The van der Waals surface area contributed by atoms with Crippen LogP contribution in [0.1, 0.15) is 93.5 Å². The molecule has 6 aromatic carbocycles. The highest BCUT2D eigenvalue weighted by Crippen LogP contribution is 2.54. The van der Waals surface area contributed by atoms with Crippen LogP contribution in [0.4, 0.5) is 0 Å². The first-order valence-corrected chi connectivity index (χ1v) is 20.9. The van der Waals surface area contributed by atoms with Crippen LogP contribution in [0, 0.1) is 0 Å². The summed E-state index contributed by atoms with van der Waals surface area (Å²) in [6, 6.07) is 43.2. The molecule has 0 saturated heterocycles. The Labute approximate surface area is 329 Å². The first-order chi connectivity index (χ1) is 27.8. The number of hydrogen-bond acceptors (Lipinski definition) is 2. The molecule has 0 bridgehead atoms. The molecule has 5 aliphatic rings. The average Bonchev–Trinajstić information content (AvgIpc) is 3.82. The van der Waals surface area contributed by atoms with E-state index in [-0.39, 0.29) is 12.0 Å². The van der Waals surface area contributed by atoms with Crippen molar-refractivity contribution in [2.45, 2.75) is 75.7 Å². The van der Waals surface area contributed by atoms with Gasteiger partial charge in [-0.25, -0.2) is 0 Å². The van der Waals surface area contributed by atoms with Gasteiger partial charge in [0.25, 0.3) is 0 Å². The summed E-state index contributed by atoms with van der Waals surface area (Å²) >= 11 is 0. The molecule has 56 heavy (non-hydrogen) atoms. The average molecular weight is 725 g/mol. The zero-order chi connectivity index (χ0) is 36.7. The van der Waals surface area contributed by atoms with E-state index in [4.69, 9.17) is 9.15 Å². The van der Waals surface area contributed by atoms with Crippen molar-refractivity contribution in [1.29, 1.82) is 0 Å². The lowest BCUT2D eigenvalue weighted by atomic mass is 9.71. The predicted octanol–water partition coefficient (Wildman–Crippen LogP) is 13.5. The summed E-state index contributed by atoms with van der Waals surface area (Å²) in [5.74, 6) is 3.57. The molecular formula is C54H44O2. The smallest absolute Gasteiger partial charge is 0.130 e. The van der Waals surface area contributed by atoms with E-state index >= 15 is 0 Å². The lowest BCUT2D eigenvalue weighted by Crippen LogP contribution is -2.33. The van der Waals surface area contributed by atoms with E-state index in [1.165, 1.54) is 90.4 Å². The topological polar surface area (TPSA) is 22.4 Å². The van der Waals surface area contributed by atoms with Crippen LogP contribution in [0.3, 0.4) is 0 Å². The second-order valence-electron chi connectivity index (χ2n) is 16.7. The standard InChI is InChI=1S/C54H44O2/c1-2-14-34-29-36(28-27-33(34)13-1)35-15-11-16-37(30-35)50-42-21-3-5-23-44(42)51(45-24-6-4-22-43(45)50)38-17-12-18-39(31-38)52-53-46(40-19-7-9-25-48(40)55-53)32-47-41-20-8-10-26-49(41)56-54(47)52/h1-3,7,9-19,21,25-31,46,52-53H,4-6,8,20,22-24,32H2. The van der Waals surface area contributed by atoms with Crippen molar-refractivity contribution in [2.24, 2.45) is 0 Å². The van der Waals surface area contributed by atoms with Crippen molar-refractivity contribution in [3.63, 3.8) is 0 Å². The fourth-order valence-corrected chi connectivity index (χ4v) is 11.1. The monoisotopic (exact) mass is 724 g/mol. The van der Waals surface area contributed by atoms with Crippen molar-refractivity contribution in [2.75, 3.05) is 0 Å². The summed E-state index contributed by atoms with van der Waals surface area (Å²) < 4.78 is 13.8. The molecule has 12 rings (SSSR count). The van der Waals surface area contributed by atoms with Gasteiger partial charge in [0.1, 0.15) is 23.4 Å². The lowest BCUT2D eigenvalue weighted by Gasteiger charge is -2.33. The van der Waals surface area contributed by atoms with Crippen LogP contribution in [-0.4, -0.2) is 6.10 Å². The van der Waals surface area contributed by atoms with E-state index in [2.05, 4.69) is 140 Å². The normalized spacial score (nSPS) is 20.0. The van der Waals surface area contributed by atoms with Gasteiger partial charge in [-0.15, -0.1) is 0 Å². The zero-order valence-corrected chi connectivity index (χ0v) is 31.7.